The second-order valence-electron chi connectivity index (χ2n) is 18.2. The van der Waals surface area contributed by atoms with Crippen LogP contribution in [-0.2, 0) is 51.2 Å². The standard InChI is InChI=1S/C51H66N10O10S2/c1-28(2)41-50(70)58-40(49(69)60-42(29(3)62)44(54)64)27-73-72-26-39(57-45(65)36(53)24-31-16-19-32-11-7-8-14-34(32)23-31)48(68)56-38(25-30-17-20-35(63)21-18-30)47(67)61-43(33-12-5-4-6-13-33)51(71)55-37(46(66)59-41)15-9-10-22-52/h4-8,11-14,16-21,23,28-29,36-43,62-63H,9-10,15,22,24-27,52-53H2,1-3H3,(H2,54,64)(H,55,71)(H,56,68)(H,57,65)(H,58,70)(H,59,66)(H,60,69)(H,61,67)/t29?,36-,37+,38+,39+,40+,41+,42+,43-/m1/s1. The van der Waals surface area contributed by atoms with Gasteiger partial charge in [0.1, 0.15) is 48.0 Å². The van der Waals surface area contributed by atoms with Gasteiger partial charge < -0.3 is 64.6 Å². The van der Waals surface area contributed by atoms with E-state index in [1.807, 2.05) is 42.5 Å². The van der Waals surface area contributed by atoms with Crippen LogP contribution in [0.1, 0.15) is 62.8 Å². The summed E-state index contributed by atoms with van der Waals surface area (Å²) in [6.45, 7) is 4.84. The van der Waals surface area contributed by atoms with E-state index in [0.717, 1.165) is 37.9 Å². The van der Waals surface area contributed by atoms with Crippen LogP contribution in [0.4, 0.5) is 0 Å². The molecule has 1 fully saturated rings. The summed E-state index contributed by atoms with van der Waals surface area (Å²) in [5.41, 5.74) is 19.3. The van der Waals surface area contributed by atoms with Crippen LogP contribution in [0.2, 0.25) is 0 Å². The molecule has 1 aliphatic rings. The van der Waals surface area contributed by atoms with Crippen molar-refractivity contribution in [2.45, 2.75) is 107 Å². The molecule has 0 spiro atoms. The summed E-state index contributed by atoms with van der Waals surface area (Å²) in [6.07, 6.45) is -0.540. The van der Waals surface area contributed by atoms with Crippen LogP contribution in [0.5, 0.6) is 5.75 Å². The third-order valence-electron chi connectivity index (χ3n) is 12.0. The van der Waals surface area contributed by atoms with Crippen molar-refractivity contribution in [3.8, 4) is 5.75 Å². The van der Waals surface area contributed by atoms with Gasteiger partial charge in [-0.05, 0) is 84.7 Å². The van der Waals surface area contributed by atoms with E-state index < -0.39 is 108 Å². The maximum Gasteiger partial charge on any atom is 0.247 e. The molecule has 0 aliphatic carbocycles. The molecule has 1 saturated heterocycles. The van der Waals surface area contributed by atoms with Gasteiger partial charge in [0.05, 0.1) is 12.1 Å². The molecular weight excluding hydrogens is 977 g/mol. The first kappa shape index (κ1) is 57.2. The molecule has 73 heavy (non-hydrogen) atoms. The van der Waals surface area contributed by atoms with Crippen molar-refractivity contribution in [2.75, 3.05) is 18.1 Å². The number of phenols is 1. The second kappa shape index (κ2) is 27.9. The fourth-order valence-corrected chi connectivity index (χ4v) is 10.2. The highest BCUT2D eigenvalue weighted by atomic mass is 33.1. The Labute approximate surface area is 431 Å². The first-order valence-corrected chi connectivity index (χ1v) is 26.4. The summed E-state index contributed by atoms with van der Waals surface area (Å²) in [4.78, 5) is 112. The predicted molar refractivity (Wildman–Crippen MR) is 280 cm³/mol. The predicted octanol–water partition coefficient (Wildman–Crippen LogP) is 0.470. The lowest BCUT2D eigenvalue weighted by Gasteiger charge is -2.29. The van der Waals surface area contributed by atoms with E-state index in [1.54, 1.807) is 56.3 Å². The number of benzene rings is 4. The van der Waals surface area contributed by atoms with Gasteiger partial charge >= 0.3 is 0 Å². The molecule has 1 heterocycles. The first-order valence-electron chi connectivity index (χ1n) is 24.0. The van der Waals surface area contributed by atoms with Crippen LogP contribution in [0.25, 0.3) is 10.8 Å². The van der Waals surface area contributed by atoms with Crippen LogP contribution in [-0.4, -0.2) is 124 Å². The normalized spacial score (nSPS) is 22.0. The summed E-state index contributed by atoms with van der Waals surface area (Å²) in [5, 5.41) is 41.0. The number of aromatic hydroxyl groups is 1. The lowest BCUT2D eigenvalue weighted by Crippen LogP contribution is -2.61. The van der Waals surface area contributed by atoms with Crippen molar-refractivity contribution in [1.29, 1.82) is 0 Å². The number of amides is 8. The summed E-state index contributed by atoms with van der Waals surface area (Å²) >= 11 is 0. The maximum absolute atomic E-state index is 14.7. The molecule has 9 atom stereocenters. The Morgan fingerprint density at radius 2 is 1.34 bits per heavy atom. The van der Waals surface area contributed by atoms with Crippen LogP contribution in [0.15, 0.2) is 97.1 Å². The van der Waals surface area contributed by atoms with E-state index in [9.17, 15) is 48.6 Å². The Morgan fingerprint density at radius 1 is 0.712 bits per heavy atom. The Balaban J connectivity index is 1.55. The zero-order valence-electron chi connectivity index (χ0n) is 40.9. The highest BCUT2D eigenvalue weighted by Gasteiger charge is 2.36. The molecule has 392 valence electrons. The number of primary amides is 1. The van der Waals surface area contributed by atoms with Crippen LogP contribution >= 0.6 is 21.6 Å². The smallest absolute Gasteiger partial charge is 0.247 e. The first-order chi connectivity index (χ1) is 34.8. The third kappa shape index (κ3) is 17.2. The van der Waals surface area contributed by atoms with Gasteiger partial charge in [0.25, 0.3) is 0 Å². The molecule has 0 aromatic heterocycles. The van der Waals surface area contributed by atoms with Gasteiger partial charge in [0.2, 0.25) is 47.3 Å². The quantitative estimate of drug-likeness (QED) is 0.0537. The fraction of sp³-hybridized carbons (Fsp3) is 0.412. The number of fused-ring (bicyclic) bond motifs is 1. The average molecular weight is 1040 g/mol. The molecule has 4 aromatic carbocycles. The molecule has 1 unspecified atom stereocenters. The van der Waals surface area contributed by atoms with E-state index in [2.05, 4.69) is 37.2 Å². The third-order valence-corrected chi connectivity index (χ3v) is 14.5. The Kier molecular flexibility index (Phi) is 21.9. The molecule has 15 N–H and O–H groups in total. The number of nitrogens with one attached hydrogen (secondary N) is 7. The molecule has 1 aliphatic heterocycles. The van der Waals surface area contributed by atoms with Crippen molar-refractivity contribution in [3.05, 3.63) is 114 Å². The van der Waals surface area contributed by atoms with Crippen molar-refractivity contribution >= 4 is 79.6 Å². The molecular formula is C51H66N10O10S2. The van der Waals surface area contributed by atoms with E-state index in [0.29, 0.717) is 24.0 Å². The Morgan fingerprint density at radius 3 is 2.00 bits per heavy atom. The molecule has 22 heteroatoms. The summed E-state index contributed by atoms with van der Waals surface area (Å²) in [6, 6.07) is 16.6. The molecule has 0 bridgehead atoms. The molecule has 4 aromatic rings. The van der Waals surface area contributed by atoms with Gasteiger partial charge in [-0.1, -0.05) is 120 Å². The number of rotatable bonds is 16. The average Bonchev–Trinajstić information content (AvgIpc) is 3.36. The SMILES string of the molecule is CC(C)[C@@H]1NC(=O)[C@H](CCCCN)NC(=O)[C@@H](c2ccccc2)NC(=O)[C@H](Cc2ccc(O)cc2)NC(=O)[C@@H](NC(=O)[C@H](N)Cc2ccc3ccccc3c2)CSSC[C@@H](C(=O)N[C@H](C(N)=O)C(C)O)NC1=O. The highest BCUT2D eigenvalue weighted by Crippen LogP contribution is 2.25. The van der Waals surface area contributed by atoms with Gasteiger partial charge in [0, 0.05) is 17.9 Å². The van der Waals surface area contributed by atoms with Gasteiger partial charge in [-0.3, -0.25) is 38.4 Å². The summed E-state index contributed by atoms with van der Waals surface area (Å²) < 4.78 is 0. The number of carbonyl (C=O) groups excluding carboxylic acids is 8. The number of aliphatic hydroxyl groups excluding tert-OH is 1. The summed E-state index contributed by atoms with van der Waals surface area (Å²) in [7, 11) is 2.03. The van der Waals surface area contributed by atoms with Crippen molar-refractivity contribution < 1.29 is 48.6 Å². The number of hydrogen-bond acceptors (Lipinski definition) is 14. The molecule has 8 amide bonds. The largest absolute Gasteiger partial charge is 0.508 e. The Bertz CT molecular complexity index is 2560. The van der Waals surface area contributed by atoms with E-state index in [4.69, 9.17) is 17.2 Å². The lowest BCUT2D eigenvalue weighted by molar-refractivity contribution is -0.136. The lowest BCUT2D eigenvalue weighted by atomic mass is 10.00. The number of nitrogens with two attached hydrogens (primary N) is 3. The minimum atomic E-state index is -1.55. The molecule has 0 radical (unpaired) electrons. The second-order valence-corrected chi connectivity index (χ2v) is 20.7. The van der Waals surface area contributed by atoms with E-state index >= 15 is 0 Å². The maximum atomic E-state index is 14.7. The van der Waals surface area contributed by atoms with E-state index in [-0.39, 0.29) is 43.1 Å². The minimum absolute atomic E-state index is 0.0497. The van der Waals surface area contributed by atoms with Crippen LogP contribution in [0, 0.1) is 5.92 Å². The van der Waals surface area contributed by atoms with Crippen LogP contribution < -0.4 is 54.4 Å². The molecule has 5 rings (SSSR count). The summed E-state index contributed by atoms with van der Waals surface area (Å²) in [5.74, 6) is -7.70. The number of carbonyl (C=O) groups is 8. The van der Waals surface area contributed by atoms with Gasteiger partial charge in [-0.15, -0.1) is 0 Å². The topological polar surface area (TPSA) is 339 Å². The van der Waals surface area contributed by atoms with Crippen LogP contribution in [0.3, 0.4) is 0 Å². The van der Waals surface area contributed by atoms with E-state index in [1.165, 1.54) is 19.1 Å². The highest BCUT2D eigenvalue weighted by molar-refractivity contribution is 8.76. The molecule has 0 saturated carbocycles. The Hall–Kier alpha value is -6.72. The number of phenolic OH excluding ortho intramolecular Hbond substituents is 1. The number of unbranched alkanes of at least 4 members (excludes halogenated alkanes) is 1. The number of hydrogen-bond donors (Lipinski definition) is 12. The number of aliphatic hydroxyl groups is 1. The zero-order chi connectivity index (χ0) is 53.2. The van der Waals surface area contributed by atoms with Crippen molar-refractivity contribution in [2.24, 2.45) is 23.1 Å². The van der Waals surface area contributed by atoms with Gasteiger partial charge in [-0.25, -0.2) is 0 Å². The van der Waals surface area contributed by atoms with Gasteiger partial charge in [0.15, 0.2) is 0 Å². The van der Waals surface area contributed by atoms with Crippen molar-refractivity contribution in [3.63, 3.8) is 0 Å². The minimum Gasteiger partial charge on any atom is -0.508 e. The monoisotopic (exact) mass is 1040 g/mol. The zero-order valence-corrected chi connectivity index (χ0v) is 42.5. The van der Waals surface area contributed by atoms with Gasteiger partial charge in [-0.2, -0.15) is 0 Å². The fourth-order valence-electron chi connectivity index (χ4n) is 7.88. The van der Waals surface area contributed by atoms with Crippen molar-refractivity contribution in [1.82, 2.24) is 37.2 Å². The molecule has 20 nitrogen and oxygen atoms in total.